The molecule has 2 aliphatic rings. The summed E-state index contributed by atoms with van der Waals surface area (Å²) in [6.45, 7) is 2.72. The summed E-state index contributed by atoms with van der Waals surface area (Å²) in [4.78, 5) is 80.2. The van der Waals surface area contributed by atoms with Crippen LogP contribution in [0, 0.1) is 11.3 Å². The molecule has 4 aromatic carbocycles. The number of unbranched alkanes of at least 4 members (excludes halogenated alkanes) is 1. The molecule has 1 saturated heterocycles. The van der Waals surface area contributed by atoms with E-state index in [4.69, 9.17) is 27.7 Å². The zero-order valence-electron chi connectivity index (χ0n) is 39.3. The van der Waals surface area contributed by atoms with Crippen LogP contribution in [0.5, 0.6) is 5.75 Å². The Labute approximate surface area is 407 Å². The van der Waals surface area contributed by atoms with E-state index in [-0.39, 0.29) is 50.5 Å². The predicted molar refractivity (Wildman–Crippen MR) is 270 cm³/mol. The van der Waals surface area contributed by atoms with Crippen molar-refractivity contribution < 1.29 is 33.8 Å². The Bertz CT molecular complexity index is 2610. The molecule has 370 valence electrons. The lowest BCUT2D eigenvalue weighted by Gasteiger charge is -2.42. The largest absolute Gasteiger partial charge is 0.508 e. The Morgan fingerprint density at radius 1 is 0.829 bits per heavy atom. The molecule has 2 heterocycles. The third-order valence-corrected chi connectivity index (χ3v) is 13.4. The van der Waals surface area contributed by atoms with Crippen molar-refractivity contribution in [1.82, 2.24) is 20.9 Å². The molecule has 1 saturated carbocycles. The molecule has 0 radical (unpaired) electrons. The van der Waals surface area contributed by atoms with Gasteiger partial charge >= 0.3 is 0 Å². The van der Waals surface area contributed by atoms with Gasteiger partial charge in [-0.05, 0) is 110 Å². The van der Waals surface area contributed by atoms with Crippen LogP contribution in [-0.2, 0) is 41.6 Å². The number of hydrogen-bond acceptors (Lipinski definition) is 10. The highest BCUT2D eigenvalue weighted by Gasteiger charge is 2.50. The number of carbonyl (C=O) groups is 5. The van der Waals surface area contributed by atoms with Gasteiger partial charge in [-0.15, -0.1) is 0 Å². The number of H-pyrrole nitrogens is 1. The number of anilines is 2. The summed E-state index contributed by atoms with van der Waals surface area (Å²) in [5.74, 6) is -4.17. The van der Waals surface area contributed by atoms with Gasteiger partial charge in [0, 0.05) is 60.6 Å². The fourth-order valence-electron chi connectivity index (χ4n) is 9.62. The highest BCUT2D eigenvalue weighted by molar-refractivity contribution is 5.98. The molecule has 1 aliphatic heterocycles. The minimum Gasteiger partial charge on any atom is -0.508 e. The number of aliphatic imine (C=N–C) groups is 1. The van der Waals surface area contributed by atoms with Crippen LogP contribution in [0.4, 0.5) is 11.4 Å². The molecule has 1 aromatic heterocycles. The number of guanidine groups is 1. The number of aromatic hydroxyl groups is 1. The van der Waals surface area contributed by atoms with Gasteiger partial charge in [-0.25, -0.2) is 0 Å². The molecule has 1 aliphatic carbocycles. The second-order valence-electron chi connectivity index (χ2n) is 18.3. The maximum Gasteiger partial charge on any atom is 0.243 e. The molecular weight excluding hydrogens is 891 g/mol. The van der Waals surface area contributed by atoms with Crippen molar-refractivity contribution in [3.63, 3.8) is 0 Å². The van der Waals surface area contributed by atoms with Crippen LogP contribution in [0.2, 0.25) is 0 Å². The molecule has 7 rings (SSSR count). The third kappa shape index (κ3) is 13.2. The van der Waals surface area contributed by atoms with Crippen molar-refractivity contribution in [3.8, 4) is 16.9 Å². The van der Waals surface area contributed by atoms with Crippen LogP contribution >= 0.6 is 0 Å². The highest BCUT2D eigenvalue weighted by atomic mass is 16.5. The molecular formula is C52H65N11O7. The van der Waals surface area contributed by atoms with Gasteiger partial charge in [0.15, 0.2) is 5.96 Å². The third-order valence-electron chi connectivity index (χ3n) is 13.4. The molecule has 0 spiro atoms. The summed E-state index contributed by atoms with van der Waals surface area (Å²) < 4.78 is 5.45. The predicted octanol–water partition coefficient (Wildman–Crippen LogP) is 3.32. The average Bonchev–Trinajstić information content (AvgIpc) is 3.76. The van der Waals surface area contributed by atoms with Crippen molar-refractivity contribution in [2.45, 2.75) is 75.9 Å². The Hall–Kier alpha value is -7.44. The van der Waals surface area contributed by atoms with E-state index < -0.39 is 59.0 Å². The Morgan fingerprint density at radius 3 is 2.24 bits per heavy atom. The topological polar surface area (TPSA) is 298 Å². The van der Waals surface area contributed by atoms with E-state index in [1.54, 1.807) is 36.5 Å². The molecule has 18 nitrogen and oxygen atoms in total. The van der Waals surface area contributed by atoms with Crippen molar-refractivity contribution in [1.29, 1.82) is 0 Å². The zero-order valence-corrected chi connectivity index (χ0v) is 39.3. The van der Waals surface area contributed by atoms with Crippen molar-refractivity contribution >= 4 is 57.8 Å². The number of rotatable bonds is 21. The summed E-state index contributed by atoms with van der Waals surface area (Å²) in [6, 6.07) is 26.9. The summed E-state index contributed by atoms with van der Waals surface area (Å²) in [7, 11) is 0. The lowest BCUT2D eigenvalue weighted by Crippen LogP contribution is -2.59. The summed E-state index contributed by atoms with van der Waals surface area (Å²) >= 11 is 0. The van der Waals surface area contributed by atoms with Crippen molar-refractivity contribution in [2.75, 3.05) is 49.6 Å². The minimum atomic E-state index is -1.37. The van der Waals surface area contributed by atoms with Gasteiger partial charge < -0.3 is 63.9 Å². The quantitative estimate of drug-likeness (QED) is 0.0289. The van der Waals surface area contributed by atoms with Gasteiger partial charge in [0.25, 0.3) is 0 Å². The molecule has 70 heavy (non-hydrogen) atoms. The van der Waals surface area contributed by atoms with Gasteiger partial charge in [-0.2, -0.15) is 0 Å². The molecule has 0 bridgehead atoms. The Morgan fingerprint density at radius 2 is 1.54 bits per heavy atom. The van der Waals surface area contributed by atoms with E-state index in [0.717, 1.165) is 35.4 Å². The second-order valence-corrected chi connectivity index (χ2v) is 18.3. The van der Waals surface area contributed by atoms with Crippen LogP contribution in [0.25, 0.3) is 22.0 Å². The smallest absolute Gasteiger partial charge is 0.243 e. The van der Waals surface area contributed by atoms with Gasteiger partial charge in [-0.1, -0.05) is 61.0 Å². The number of ether oxygens (including phenoxy) is 1. The van der Waals surface area contributed by atoms with Crippen LogP contribution in [-0.4, -0.2) is 103 Å². The monoisotopic (exact) mass is 956 g/mol. The first-order valence-corrected chi connectivity index (χ1v) is 23.9. The molecule has 2 fully saturated rings. The van der Waals surface area contributed by atoms with Gasteiger partial charge in [0.1, 0.15) is 17.8 Å². The van der Waals surface area contributed by atoms with Gasteiger partial charge in [0.2, 0.25) is 29.5 Å². The molecule has 5 amide bonds. The van der Waals surface area contributed by atoms with E-state index >= 15 is 4.79 Å². The number of fused-ring (bicyclic) bond motifs is 1. The minimum absolute atomic E-state index is 0.00890. The summed E-state index contributed by atoms with van der Waals surface area (Å²) in [6.07, 6.45) is 4.48. The maximum atomic E-state index is 15.1. The standard InChI is InChI=1S/C52H65N11O7/c53-37-9-6-21-52(30-37,50(54)69)42(28-36-31-58-43-20-19-40(64)29-41(36)43)47(66)62-45(27-33-11-13-35(14-12-33)34-7-2-1-3-8-34)49(68)61-44(10-4-5-22-57-51(55)56)48(67)59-32-46(65)60-38-15-17-39(18-16-38)63-23-25-70-26-24-63/h1-3,7-8,11-20,29,31,37,42,44-45,58,64H,4-6,9-10,21-28,30,32,53H2,(H2,54,69)(H,59,67)(H,60,65)(H,61,68)(H,62,66)(H4,55,56,57)/t37?,42-,44+,45+,52?/m1/s1. The highest BCUT2D eigenvalue weighted by Crippen LogP contribution is 2.44. The second kappa shape index (κ2) is 23.7. The number of aromatic amines is 1. The van der Waals surface area contributed by atoms with Gasteiger partial charge in [-0.3, -0.25) is 29.0 Å². The van der Waals surface area contributed by atoms with Crippen LogP contribution in [0.1, 0.15) is 56.1 Å². The zero-order chi connectivity index (χ0) is 49.6. The first kappa shape index (κ1) is 50.4. The molecule has 2 unspecified atom stereocenters. The Balaban J connectivity index is 1.14. The first-order chi connectivity index (χ1) is 33.8. The summed E-state index contributed by atoms with van der Waals surface area (Å²) in [5.41, 5.74) is 28.1. The number of phenolic OH excluding ortho intramolecular Hbond substituents is 1. The number of hydrogen-bond donors (Lipinski definition) is 10. The molecule has 14 N–H and O–H groups in total. The summed E-state index contributed by atoms with van der Waals surface area (Å²) in [5, 5.41) is 22.5. The number of aromatic nitrogens is 1. The lowest BCUT2D eigenvalue weighted by atomic mass is 9.62. The van der Waals surface area contributed by atoms with Crippen LogP contribution < -0.4 is 49.1 Å². The van der Waals surface area contributed by atoms with E-state index in [1.807, 2.05) is 66.7 Å². The molecule has 18 heteroatoms. The lowest BCUT2D eigenvalue weighted by molar-refractivity contribution is -0.144. The van der Waals surface area contributed by atoms with E-state index in [1.165, 1.54) is 0 Å². The Kier molecular flexibility index (Phi) is 17.1. The van der Waals surface area contributed by atoms with E-state index in [9.17, 15) is 24.3 Å². The fraction of sp³-hybridized carbons (Fsp3) is 0.385. The van der Waals surface area contributed by atoms with Crippen molar-refractivity contribution in [2.24, 2.45) is 39.3 Å². The number of morpholine rings is 1. The number of amides is 5. The number of carbonyl (C=O) groups excluding carboxylic acids is 5. The van der Waals surface area contributed by atoms with Gasteiger partial charge in [0.05, 0.1) is 31.1 Å². The first-order valence-electron chi connectivity index (χ1n) is 23.9. The normalized spacial score (nSPS) is 18.2. The van der Waals surface area contributed by atoms with E-state index in [0.29, 0.717) is 67.5 Å². The average molecular weight is 956 g/mol. The number of primary amides is 1. The van der Waals surface area contributed by atoms with Crippen LogP contribution in [0.3, 0.4) is 0 Å². The fourth-order valence-corrected chi connectivity index (χ4v) is 9.62. The van der Waals surface area contributed by atoms with E-state index in [2.05, 4.69) is 36.1 Å². The number of nitrogens with one attached hydrogen (secondary N) is 5. The van der Waals surface area contributed by atoms with Crippen LogP contribution in [0.15, 0.2) is 108 Å². The number of phenols is 1. The number of nitrogens with zero attached hydrogens (tertiary/aromatic N) is 2. The number of nitrogens with two attached hydrogens (primary N) is 4. The maximum absolute atomic E-state index is 15.1. The molecule has 5 aromatic rings. The van der Waals surface area contributed by atoms with Crippen molar-refractivity contribution in [3.05, 3.63) is 114 Å². The molecule has 5 atom stereocenters. The number of benzene rings is 4. The SMILES string of the molecule is NC(=O)C1([C@H](Cc2c[nH]c3ccc(O)cc23)C(=O)N[C@@H](Cc2ccc(-c3ccccc3)cc2)C(=O)N[C@@H](CCCCN=C(N)N)C(=O)NCC(=O)Nc2ccc(N3CCOCC3)cc2)CCCC(N)C1.